The first-order valence-corrected chi connectivity index (χ1v) is 8.66. The summed E-state index contributed by atoms with van der Waals surface area (Å²) in [7, 11) is 0. The highest BCUT2D eigenvalue weighted by molar-refractivity contribution is 5.76. The Labute approximate surface area is 148 Å². The van der Waals surface area contributed by atoms with Gasteiger partial charge in [-0.3, -0.25) is 9.59 Å². The van der Waals surface area contributed by atoms with Crippen LogP contribution in [0, 0.1) is 11.8 Å². The number of carbonyl (C=O) groups is 2. The van der Waals surface area contributed by atoms with Crippen molar-refractivity contribution in [3.05, 3.63) is 35.9 Å². The molecular weight excluding hydrogens is 322 g/mol. The molecule has 1 heterocycles. The second-order valence-electron chi connectivity index (χ2n) is 6.79. The van der Waals surface area contributed by atoms with Crippen LogP contribution in [0.3, 0.4) is 0 Å². The van der Waals surface area contributed by atoms with E-state index < -0.39 is 24.2 Å². The molecule has 0 aromatic heterocycles. The van der Waals surface area contributed by atoms with Crippen molar-refractivity contribution >= 4 is 11.9 Å². The van der Waals surface area contributed by atoms with Crippen molar-refractivity contribution < 1.29 is 23.8 Å². The van der Waals surface area contributed by atoms with Gasteiger partial charge in [-0.05, 0) is 18.9 Å². The summed E-state index contributed by atoms with van der Waals surface area (Å²) in [5.74, 6) is -1.28. The molecule has 1 fully saturated rings. The molecule has 1 aliphatic heterocycles. The molecule has 6 nitrogen and oxygen atoms in total. The molecule has 4 atom stereocenters. The second kappa shape index (κ2) is 8.97. The number of hydrogen-bond acceptors (Lipinski definition) is 6. The molecule has 0 saturated carbocycles. The molecule has 6 heteroatoms. The van der Waals surface area contributed by atoms with E-state index in [1.54, 1.807) is 20.8 Å². The van der Waals surface area contributed by atoms with Crippen LogP contribution < -0.4 is 5.73 Å². The Balaban J connectivity index is 2.24. The molecular formula is C19H27NO5. The van der Waals surface area contributed by atoms with Gasteiger partial charge in [-0.25, -0.2) is 0 Å². The summed E-state index contributed by atoms with van der Waals surface area (Å²) in [4.78, 5) is 24.1. The lowest BCUT2D eigenvalue weighted by Gasteiger charge is -2.31. The minimum absolute atomic E-state index is 0.0850. The minimum Gasteiger partial charge on any atom is -0.458 e. The largest absolute Gasteiger partial charge is 0.458 e. The van der Waals surface area contributed by atoms with Crippen LogP contribution in [0.5, 0.6) is 0 Å². The number of rotatable bonds is 4. The number of esters is 2. The van der Waals surface area contributed by atoms with Gasteiger partial charge in [0.25, 0.3) is 0 Å². The molecule has 0 bridgehead atoms. The standard InChI is InChI=1S/C19H27NO5/c1-12(2)18(21)25-17-13(3)24-19(22)16(20)11-23-10-15(17)9-14-7-5-4-6-8-14/h4-8,12-13,15-17H,9-11,20H2,1-3H3/t13-,15-,16-,17-/m0/s1. The molecule has 1 aromatic rings. The van der Waals surface area contributed by atoms with Crippen LogP contribution in [-0.2, 0) is 30.2 Å². The van der Waals surface area contributed by atoms with E-state index in [9.17, 15) is 9.59 Å². The Morgan fingerprint density at radius 2 is 1.96 bits per heavy atom. The Bertz CT molecular complexity index is 574. The molecule has 0 aliphatic carbocycles. The maximum atomic E-state index is 12.2. The van der Waals surface area contributed by atoms with Crippen molar-refractivity contribution in [1.82, 2.24) is 0 Å². The summed E-state index contributed by atoms with van der Waals surface area (Å²) >= 11 is 0. The number of cyclic esters (lactones) is 1. The number of hydrogen-bond donors (Lipinski definition) is 1. The topological polar surface area (TPSA) is 87.9 Å². The molecule has 0 unspecified atom stereocenters. The van der Waals surface area contributed by atoms with Crippen molar-refractivity contribution in [3.63, 3.8) is 0 Å². The van der Waals surface area contributed by atoms with Crippen molar-refractivity contribution in [1.29, 1.82) is 0 Å². The third-order valence-electron chi connectivity index (χ3n) is 4.23. The summed E-state index contributed by atoms with van der Waals surface area (Å²) < 4.78 is 16.7. The van der Waals surface area contributed by atoms with Gasteiger partial charge in [-0.15, -0.1) is 0 Å². The third kappa shape index (κ3) is 5.54. The van der Waals surface area contributed by atoms with Crippen LogP contribution in [0.2, 0.25) is 0 Å². The normalized spacial score (nSPS) is 27.8. The minimum atomic E-state index is -0.834. The van der Waals surface area contributed by atoms with Gasteiger partial charge in [0.2, 0.25) is 0 Å². The molecule has 0 radical (unpaired) electrons. The van der Waals surface area contributed by atoms with E-state index in [4.69, 9.17) is 19.9 Å². The summed E-state index contributed by atoms with van der Waals surface area (Å²) in [6, 6.07) is 9.05. The second-order valence-corrected chi connectivity index (χ2v) is 6.79. The molecule has 0 spiro atoms. The van der Waals surface area contributed by atoms with Gasteiger partial charge >= 0.3 is 11.9 Å². The fraction of sp³-hybridized carbons (Fsp3) is 0.579. The fourth-order valence-corrected chi connectivity index (χ4v) is 2.78. The Morgan fingerprint density at radius 3 is 2.60 bits per heavy atom. The zero-order valence-electron chi connectivity index (χ0n) is 15.0. The third-order valence-corrected chi connectivity index (χ3v) is 4.23. The van der Waals surface area contributed by atoms with Crippen molar-refractivity contribution in [3.8, 4) is 0 Å². The van der Waals surface area contributed by atoms with Gasteiger partial charge < -0.3 is 19.9 Å². The van der Waals surface area contributed by atoms with Crippen LogP contribution >= 0.6 is 0 Å². The van der Waals surface area contributed by atoms with Crippen LogP contribution in [-0.4, -0.2) is 43.4 Å². The molecule has 1 aromatic carbocycles. The maximum Gasteiger partial charge on any atom is 0.325 e. The lowest BCUT2D eigenvalue weighted by atomic mass is 9.91. The fourth-order valence-electron chi connectivity index (χ4n) is 2.78. The SMILES string of the molecule is CC(C)C(=O)O[C@@H]1[C@@H](Cc2ccccc2)COC[C@H](N)C(=O)O[C@H]1C. The molecule has 138 valence electrons. The average Bonchev–Trinajstić information content (AvgIpc) is 2.62. The molecule has 2 N–H and O–H groups in total. The van der Waals surface area contributed by atoms with E-state index in [2.05, 4.69) is 0 Å². The first-order valence-electron chi connectivity index (χ1n) is 8.66. The zero-order chi connectivity index (χ0) is 18.4. The van der Waals surface area contributed by atoms with Gasteiger partial charge in [-0.2, -0.15) is 0 Å². The zero-order valence-corrected chi connectivity index (χ0v) is 15.0. The molecule has 0 amide bonds. The summed E-state index contributed by atoms with van der Waals surface area (Å²) in [5, 5.41) is 0. The van der Waals surface area contributed by atoms with Crippen LogP contribution in [0.4, 0.5) is 0 Å². The molecule has 1 saturated heterocycles. The van der Waals surface area contributed by atoms with E-state index in [0.29, 0.717) is 13.0 Å². The smallest absolute Gasteiger partial charge is 0.325 e. The molecule has 1 aliphatic rings. The van der Waals surface area contributed by atoms with E-state index in [1.807, 2.05) is 30.3 Å². The number of nitrogens with two attached hydrogens (primary N) is 1. The predicted molar refractivity (Wildman–Crippen MR) is 92.7 cm³/mol. The van der Waals surface area contributed by atoms with Crippen molar-refractivity contribution in [2.24, 2.45) is 17.6 Å². The van der Waals surface area contributed by atoms with Crippen LogP contribution in [0.15, 0.2) is 30.3 Å². The highest BCUT2D eigenvalue weighted by atomic mass is 16.6. The quantitative estimate of drug-likeness (QED) is 0.833. The summed E-state index contributed by atoms with van der Waals surface area (Å²) in [5.41, 5.74) is 6.87. The van der Waals surface area contributed by atoms with Crippen LogP contribution in [0.1, 0.15) is 26.3 Å². The van der Waals surface area contributed by atoms with E-state index in [0.717, 1.165) is 5.56 Å². The average molecular weight is 349 g/mol. The first kappa shape index (κ1) is 19.4. The monoisotopic (exact) mass is 349 g/mol. The highest BCUT2D eigenvalue weighted by Crippen LogP contribution is 2.23. The number of benzene rings is 1. The maximum absolute atomic E-state index is 12.2. The summed E-state index contributed by atoms with van der Waals surface area (Å²) in [6.07, 6.45) is -0.547. The van der Waals surface area contributed by atoms with Gasteiger partial charge in [0.1, 0.15) is 18.2 Å². The Morgan fingerprint density at radius 1 is 1.28 bits per heavy atom. The Hall–Kier alpha value is -1.92. The lowest BCUT2D eigenvalue weighted by Crippen LogP contribution is -2.43. The van der Waals surface area contributed by atoms with Crippen molar-refractivity contribution in [2.75, 3.05) is 13.2 Å². The lowest BCUT2D eigenvalue weighted by molar-refractivity contribution is -0.173. The summed E-state index contributed by atoms with van der Waals surface area (Å²) in [6.45, 7) is 5.69. The van der Waals surface area contributed by atoms with Gasteiger partial charge in [0, 0.05) is 5.92 Å². The van der Waals surface area contributed by atoms with Crippen LogP contribution in [0.25, 0.3) is 0 Å². The van der Waals surface area contributed by atoms with E-state index >= 15 is 0 Å². The highest BCUT2D eigenvalue weighted by Gasteiger charge is 2.36. The van der Waals surface area contributed by atoms with E-state index in [-0.39, 0.29) is 24.4 Å². The Kier molecular flexibility index (Phi) is 6.96. The first-order chi connectivity index (χ1) is 11.9. The van der Waals surface area contributed by atoms with Gasteiger partial charge in [-0.1, -0.05) is 44.2 Å². The predicted octanol–water partition coefficient (Wildman–Crippen LogP) is 1.70. The van der Waals surface area contributed by atoms with Gasteiger partial charge in [0.15, 0.2) is 0 Å². The van der Waals surface area contributed by atoms with E-state index in [1.165, 1.54) is 0 Å². The molecule has 2 rings (SSSR count). The van der Waals surface area contributed by atoms with Crippen molar-refractivity contribution in [2.45, 2.75) is 45.4 Å². The number of carbonyl (C=O) groups excluding carboxylic acids is 2. The number of ether oxygens (including phenoxy) is 3. The van der Waals surface area contributed by atoms with Gasteiger partial charge in [0.05, 0.1) is 19.1 Å². The molecule has 25 heavy (non-hydrogen) atoms.